The van der Waals surface area contributed by atoms with Gasteiger partial charge in [0.15, 0.2) is 5.82 Å². The number of carboxylic acid groups (broad SMARTS) is 1. The van der Waals surface area contributed by atoms with Crippen LogP contribution in [0.5, 0.6) is 0 Å². The first-order valence-electron chi connectivity index (χ1n) is 7.47. The Morgan fingerprint density at radius 2 is 1.91 bits per heavy atom. The second-order valence-corrected chi connectivity index (χ2v) is 5.74. The normalized spacial score (nSPS) is 19.7. The maximum atomic E-state index is 12.3. The number of benzene rings is 1. The standard InChI is InChI=1S/C17H17N3O3/c1-10-14(16(21)20-13-7-12(8-13)17(22)23)9-18-15(19-10)11-5-3-2-4-6-11/h2-6,9,12-13H,7-8H2,1H3,(H,20,21)(H,22,23). The third-order valence-electron chi connectivity index (χ3n) is 4.08. The van der Waals surface area contributed by atoms with E-state index in [0.29, 0.717) is 29.9 Å². The van der Waals surface area contributed by atoms with Crippen molar-refractivity contribution in [2.45, 2.75) is 25.8 Å². The fraction of sp³-hybridized carbons (Fsp3) is 0.294. The van der Waals surface area contributed by atoms with Crippen LogP contribution < -0.4 is 5.32 Å². The maximum absolute atomic E-state index is 12.3. The van der Waals surface area contributed by atoms with Crippen molar-refractivity contribution >= 4 is 11.9 Å². The molecule has 3 rings (SSSR count). The van der Waals surface area contributed by atoms with Crippen molar-refractivity contribution in [2.24, 2.45) is 5.92 Å². The van der Waals surface area contributed by atoms with Crippen LogP contribution in [0.25, 0.3) is 11.4 Å². The summed E-state index contributed by atoms with van der Waals surface area (Å²) in [7, 11) is 0. The Balaban J connectivity index is 1.69. The van der Waals surface area contributed by atoms with Crippen LogP contribution in [0.2, 0.25) is 0 Å². The Bertz CT molecular complexity index is 740. The summed E-state index contributed by atoms with van der Waals surface area (Å²) in [5.41, 5.74) is 1.92. The summed E-state index contributed by atoms with van der Waals surface area (Å²) in [6.07, 6.45) is 2.47. The van der Waals surface area contributed by atoms with E-state index in [1.807, 2.05) is 30.3 Å². The number of aliphatic carboxylic acids is 1. The predicted molar refractivity (Wildman–Crippen MR) is 83.8 cm³/mol. The van der Waals surface area contributed by atoms with Gasteiger partial charge in [-0.15, -0.1) is 0 Å². The largest absolute Gasteiger partial charge is 0.481 e. The summed E-state index contributed by atoms with van der Waals surface area (Å²) in [5, 5.41) is 11.7. The van der Waals surface area contributed by atoms with Crippen LogP contribution >= 0.6 is 0 Å². The third-order valence-corrected chi connectivity index (χ3v) is 4.08. The van der Waals surface area contributed by atoms with E-state index in [1.54, 1.807) is 6.92 Å². The van der Waals surface area contributed by atoms with Crippen molar-refractivity contribution in [3.8, 4) is 11.4 Å². The lowest BCUT2D eigenvalue weighted by atomic mass is 9.80. The zero-order chi connectivity index (χ0) is 16.4. The number of carbonyl (C=O) groups excluding carboxylic acids is 1. The zero-order valence-corrected chi connectivity index (χ0v) is 12.7. The van der Waals surface area contributed by atoms with Crippen LogP contribution in [0.1, 0.15) is 28.9 Å². The fourth-order valence-corrected chi connectivity index (χ4v) is 2.62. The molecule has 1 heterocycles. The molecule has 0 bridgehead atoms. The molecule has 0 atom stereocenters. The van der Waals surface area contributed by atoms with Gasteiger partial charge < -0.3 is 10.4 Å². The van der Waals surface area contributed by atoms with Gasteiger partial charge in [0.05, 0.1) is 17.2 Å². The number of rotatable bonds is 4. The van der Waals surface area contributed by atoms with Crippen LogP contribution in [-0.2, 0) is 4.79 Å². The Labute approximate surface area is 133 Å². The van der Waals surface area contributed by atoms with E-state index in [9.17, 15) is 9.59 Å². The number of aromatic nitrogens is 2. The monoisotopic (exact) mass is 311 g/mol. The highest BCUT2D eigenvalue weighted by Gasteiger charge is 2.35. The molecule has 1 fully saturated rings. The minimum Gasteiger partial charge on any atom is -0.481 e. The van der Waals surface area contributed by atoms with E-state index < -0.39 is 5.97 Å². The van der Waals surface area contributed by atoms with Gasteiger partial charge in [-0.05, 0) is 19.8 Å². The lowest BCUT2D eigenvalue weighted by Gasteiger charge is -2.32. The van der Waals surface area contributed by atoms with Crippen LogP contribution in [-0.4, -0.2) is 33.0 Å². The van der Waals surface area contributed by atoms with Crippen LogP contribution in [0, 0.1) is 12.8 Å². The number of aryl methyl sites for hydroxylation is 1. The Kier molecular flexibility index (Phi) is 4.06. The van der Waals surface area contributed by atoms with Crippen LogP contribution in [0.4, 0.5) is 0 Å². The van der Waals surface area contributed by atoms with E-state index in [-0.39, 0.29) is 17.9 Å². The average Bonchev–Trinajstić information content (AvgIpc) is 2.50. The molecule has 1 saturated carbocycles. The smallest absolute Gasteiger partial charge is 0.306 e. The molecule has 2 aromatic rings. The van der Waals surface area contributed by atoms with Crippen molar-refractivity contribution in [1.29, 1.82) is 0 Å². The van der Waals surface area contributed by atoms with E-state index in [2.05, 4.69) is 15.3 Å². The molecule has 0 saturated heterocycles. The van der Waals surface area contributed by atoms with Gasteiger partial charge in [0.1, 0.15) is 0 Å². The molecule has 0 radical (unpaired) electrons. The Morgan fingerprint density at radius 3 is 2.52 bits per heavy atom. The van der Waals surface area contributed by atoms with Gasteiger partial charge in [-0.3, -0.25) is 9.59 Å². The SMILES string of the molecule is Cc1nc(-c2ccccc2)ncc1C(=O)NC1CC(C(=O)O)C1. The van der Waals surface area contributed by atoms with E-state index in [0.717, 1.165) is 5.56 Å². The average molecular weight is 311 g/mol. The molecule has 1 amide bonds. The molecule has 6 heteroatoms. The summed E-state index contributed by atoms with van der Waals surface area (Å²) in [6.45, 7) is 1.77. The highest BCUT2D eigenvalue weighted by molar-refractivity contribution is 5.95. The summed E-state index contributed by atoms with van der Waals surface area (Å²) >= 11 is 0. The molecule has 0 aliphatic heterocycles. The molecule has 1 aliphatic rings. The number of amides is 1. The molecule has 2 N–H and O–H groups in total. The van der Waals surface area contributed by atoms with Gasteiger partial charge in [-0.2, -0.15) is 0 Å². The van der Waals surface area contributed by atoms with Gasteiger partial charge in [0.25, 0.3) is 5.91 Å². The lowest BCUT2D eigenvalue weighted by molar-refractivity contribution is -0.145. The zero-order valence-electron chi connectivity index (χ0n) is 12.7. The highest BCUT2D eigenvalue weighted by Crippen LogP contribution is 2.27. The minimum absolute atomic E-state index is 0.0863. The minimum atomic E-state index is -0.803. The predicted octanol–water partition coefficient (Wildman–Crippen LogP) is 2.05. The van der Waals surface area contributed by atoms with Gasteiger partial charge in [-0.1, -0.05) is 30.3 Å². The van der Waals surface area contributed by atoms with Gasteiger partial charge >= 0.3 is 5.97 Å². The molecule has 23 heavy (non-hydrogen) atoms. The maximum Gasteiger partial charge on any atom is 0.306 e. The summed E-state index contributed by atoms with van der Waals surface area (Å²) in [6, 6.07) is 9.47. The third kappa shape index (κ3) is 3.21. The van der Waals surface area contributed by atoms with Crippen molar-refractivity contribution in [2.75, 3.05) is 0 Å². The van der Waals surface area contributed by atoms with Crippen molar-refractivity contribution in [1.82, 2.24) is 15.3 Å². The first-order chi connectivity index (χ1) is 11.0. The van der Waals surface area contributed by atoms with Crippen LogP contribution in [0.15, 0.2) is 36.5 Å². The number of hydrogen-bond donors (Lipinski definition) is 2. The molecule has 1 aromatic heterocycles. The first kappa shape index (κ1) is 15.1. The number of nitrogens with one attached hydrogen (secondary N) is 1. The molecule has 0 spiro atoms. The number of carbonyl (C=O) groups is 2. The Hall–Kier alpha value is -2.76. The molecule has 6 nitrogen and oxygen atoms in total. The molecular formula is C17H17N3O3. The van der Waals surface area contributed by atoms with E-state index in [1.165, 1.54) is 6.20 Å². The van der Waals surface area contributed by atoms with E-state index in [4.69, 9.17) is 5.11 Å². The quantitative estimate of drug-likeness (QED) is 0.901. The van der Waals surface area contributed by atoms with Crippen LogP contribution in [0.3, 0.4) is 0 Å². The van der Waals surface area contributed by atoms with Gasteiger partial charge in [0.2, 0.25) is 0 Å². The molecule has 1 aromatic carbocycles. The summed E-state index contributed by atoms with van der Waals surface area (Å²) in [5.74, 6) is -0.828. The molecule has 0 unspecified atom stereocenters. The van der Waals surface area contributed by atoms with Gasteiger partial charge in [0, 0.05) is 17.8 Å². The fourth-order valence-electron chi connectivity index (χ4n) is 2.62. The van der Waals surface area contributed by atoms with Crippen molar-refractivity contribution < 1.29 is 14.7 Å². The second kappa shape index (κ2) is 6.16. The number of hydrogen-bond acceptors (Lipinski definition) is 4. The first-order valence-corrected chi connectivity index (χ1v) is 7.47. The number of nitrogens with zero attached hydrogens (tertiary/aromatic N) is 2. The Morgan fingerprint density at radius 1 is 1.22 bits per heavy atom. The topological polar surface area (TPSA) is 92.2 Å². The van der Waals surface area contributed by atoms with E-state index >= 15 is 0 Å². The van der Waals surface area contributed by atoms with Gasteiger partial charge in [-0.25, -0.2) is 9.97 Å². The second-order valence-electron chi connectivity index (χ2n) is 5.74. The van der Waals surface area contributed by atoms with Crippen molar-refractivity contribution in [3.63, 3.8) is 0 Å². The highest BCUT2D eigenvalue weighted by atomic mass is 16.4. The number of carboxylic acids is 1. The summed E-state index contributed by atoms with van der Waals surface area (Å²) < 4.78 is 0. The molecule has 1 aliphatic carbocycles. The summed E-state index contributed by atoms with van der Waals surface area (Å²) in [4.78, 5) is 31.7. The van der Waals surface area contributed by atoms with Crippen molar-refractivity contribution in [3.05, 3.63) is 47.8 Å². The lowest BCUT2D eigenvalue weighted by Crippen LogP contribution is -2.46. The molecule has 118 valence electrons. The molecular weight excluding hydrogens is 294 g/mol.